The van der Waals surface area contributed by atoms with Crippen molar-refractivity contribution >= 4 is 46.4 Å². The van der Waals surface area contributed by atoms with Crippen LogP contribution in [0.4, 0.5) is 23.0 Å². The molecule has 0 bridgehead atoms. The number of carbonyl (C=O) groups excluding carboxylic acids is 2. The van der Waals surface area contributed by atoms with Crippen LogP contribution in [0, 0.1) is 0 Å². The number of aromatic nitrogens is 4. The number of anilines is 4. The predicted octanol–water partition coefficient (Wildman–Crippen LogP) is 8.82. The second kappa shape index (κ2) is 19.6. The lowest BCUT2D eigenvalue weighted by Crippen LogP contribution is -2.21. The van der Waals surface area contributed by atoms with Crippen molar-refractivity contribution in [2.75, 3.05) is 34.1 Å². The fraction of sp³-hybridized carbons (Fsp3) is 0.250. The molecule has 0 aliphatic rings. The molecule has 6 aromatic rings. The van der Waals surface area contributed by atoms with E-state index in [4.69, 9.17) is 35.9 Å². The molecule has 0 fully saturated rings. The second-order valence-electron chi connectivity index (χ2n) is 13.9. The number of nitrogen functional groups attached to an aromatic ring is 1. The van der Waals surface area contributed by atoms with Crippen LogP contribution in [0.15, 0.2) is 119 Å². The zero-order valence-electron chi connectivity index (χ0n) is 31.5. The molecule has 0 aliphatic heterocycles. The van der Waals surface area contributed by atoms with Crippen LogP contribution in [0.5, 0.6) is 23.0 Å². The van der Waals surface area contributed by atoms with E-state index in [1.807, 2.05) is 84.0 Å². The monoisotopic (exact) mass is 768 g/mol. The van der Waals surface area contributed by atoms with Crippen LogP contribution in [-0.4, -0.2) is 44.5 Å². The molecule has 2 amide bonds. The van der Waals surface area contributed by atoms with Gasteiger partial charge < -0.3 is 40.2 Å². The van der Waals surface area contributed by atoms with E-state index >= 15 is 0 Å². The van der Waals surface area contributed by atoms with E-state index in [1.54, 1.807) is 67.3 Å². The summed E-state index contributed by atoms with van der Waals surface area (Å²) >= 11 is 5.33. The molecule has 2 aromatic carbocycles. The summed E-state index contributed by atoms with van der Waals surface area (Å²) in [5.74, 6) is 4.50. The van der Waals surface area contributed by atoms with Gasteiger partial charge in [0.15, 0.2) is 11.6 Å². The lowest BCUT2D eigenvalue weighted by atomic mass is 9.93. The Hall–Kier alpha value is -6.41. The van der Waals surface area contributed by atoms with Gasteiger partial charge in [-0.2, -0.15) is 0 Å². The first-order valence-electron chi connectivity index (χ1n) is 17.1. The summed E-state index contributed by atoms with van der Waals surface area (Å²) in [5, 5.41) is 15.9. The van der Waals surface area contributed by atoms with Crippen molar-refractivity contribution in [1.29, 1.82) is 0 Å². The number of carbonyl (C=O) groups is 2. The quantitative estimate of drug-likeness (QED) is 0.0766. The first-order valence-corrected chi connectivity index (χ1v) is 17.7. The standard InChI is InChI=1S/C20H22N4O3.C11H10N2O.C9H13ClN2O2/c1-20(2,3)17-12-18(24-27-17)23-19(25)13-22-14-5-4-6-16(11-14)26-15-7-9-21-10-8-15;12-9-2-1-3-11(8-9)14-10-4-6-13-7-5-10;1-9(2,3)6-4-7(12-14-6)11-8(13)5-10/h4-12,22H,13H2,1-3H3,(H,23,24,25);1-8H,12H2;4H,5H2,1-3H3,(H,11,12,13). The molecule has 0 aliphatic carbocycles. The number of hydrogen-bond acceptors (Lipinski definition) is 12. The molecule has 4 aromatic heterocycles. The van der Waals surface area contributed by atoms with E-state index in [2.05, 4.69) is 36.2 Å². The summed E-state index contributed by atoms with van der Waals surface area (Å²) < 4.78 is 21.6. The molecule has 0 spiro atoms. The molecule has 4 heterocycles. The number of alkyl halides is 1. The number of nitrogens with two attached hydrogens (primary N) is 1. The molecule has 14 nitrogen and oxygen atoms in total. The molecular formula is C40H45ClN8O6. The number of pyridine rings is 2. The molecule has 55 heavy (non-hydrogen) atoms. The summed E-state index contributed by atoms with van der Waals surface area (Å²) in [5.41, 5.74) is 6.80. The van der Waals surface area contributed by atoms with Crippen LogP contribution in [0.3, 0.4) is 0 Å². The Morgan fingerprint density at radius 2 is 1.13 bits per heavy atom. The highest BCUT2D eigenvalue weighted by molar-refractivity contribution is 6.29. The van der Waals surface area contributed by atoms with Gasteiger partial charge >= 0.3 is 0 Å². The maximum Gasteiger partial charge on any atom is 0.244 e. The topological polar surface area (TPSA) is 193 Å². The van der Waals surface area contributed by atoms with Gasteiger partial charge in [-0.1, -0.05) is 64.0 Å². The van der Waals surface area contributed by atoms with Crippen molar-refractivity contribution in [1.82, 2.24) is 20.3 Å². The van der Waals surface area contributed by atoms with Crippen molar-refractivity contribution in [3.05, 3.63) is 121 Å². The van der Waals surface area contributed by atoms with Gasteiger partial charge in [-0.25, -0.2) is 0 Å². The van der Waals surface area contributed by atoms with Gasteiger partial charge in [0.25, 0.3) is 0 Å². The summed E-state index contributed by atoms with van der Waals surface area (Å²) in [6.07, 6.45) is 6.69. The van der Waals surface area contributed by atoms with E-state index in [9.17, 15) is 9.59 Å². The van der Waals surface area contributed by atoms with Crippen LogP contribution >= 0.6 is 11.6 Å². The fourth-order valence-corrected chi connectivity index (χ4v) is 4.32. The van der Waals surface area contributed by atoms with Gasteiger partial charge in [-0.05, 0) is 48.5 Å². The van der Waals surface area contributed by atoms with Gasteiger partial charge in [0.2, 0.25) is 11.8 Å². The highest BCUT2D eigenvalue weighted by Crippen LogP contribution is 2.26. The smallest absolute Gasteiger partial charge is 0.244 e. The number of ether oxygens (including phenoxy) is 2. The highest BCUT2D eigenvalue weighted by atomic mass is 35.5. The first kappa shape index (κ1) is 41.3. The van der Waals surface area contributed by atoms with Crippen molar-refractivity contribution in [2.24, 2.45) is 0 Å². The van der Waals surface area contributed by atoms with E-state index in [1.165, 1.54) is 0 Å². The van der Waals surface area contributed by atoms with Gasteiger partial charge in [-0.3, -0.25) is 19.6 Å². The molecule has 5 N–H and O–H groups in total. The van der Waals surface area contributed by atoms with E-state index in [0.717, 1.165) is 22.9 Å². The van der Waals surface area contributed by atoms with E-state index in [-0.39, 0.29) is 35.1 Å². The van der Waals surface area contributed by atoms with Crippen molar-refractivity contribution in [3.63, 3.8) is 0 Å². The summed E-state index contributed by atoms with van der Waals surface area (Å²) in [6, 6.07) is 25.3. The van der Waals surface area contributed by atoms with Gasteiger partial charge in [0.05, 0.1) is 6.54 Å². The molecule has 0 atom stereocenters. The Kier molecular flexibility index (Phi) is 14.7. The number of nitrogens with zero attached hydrogens (tertiary/aromatic N) is 4. The summed E-state index contributed by atoms with van der Waals surface area (Å²) in [4.78, 5) is 30.9. The third-order valence-corrected chi connectivity index (χ3v) is 7.31. The molecule has 288 valence electrons. The minimum absolute atomic E-state index is 0.0856. The largest absolute Gasteiger partial charge is 0.457 e. The summed E-state index contributed by atoms with van der Waals surface area (Å²) in [7, 11) is 0. The maximum atomic E-state index is 12.1. The normalized spacial score (nSPS) is 10.8. The third-order valence-electron chi connectivity index (χ3n) is 7.07. The second-order valence-corrected chi connectivity index (χ2v) is 14.2. The third kappa shape index (κ3) is 14.5. The molecule has 0 saturated carbocycles. The van der Waals surface area contributed by atoms with Crippen LogP contribution in [0.1, 0.15) is 53.1 Å². The van der Waals surface area contributed by atoms with Gasteiger partial charge in [0.1, 0.15) is 40.4 Å². The Morgan fingerprint density at radius 1 is 0.655 bits per heavy atom. The minimum Gasteiger partial charge on any atom is -0.457 e. The zero-order valence-corrected chi connectivity index (χ0v) is 32.3. The average Bonchev–Trinajstić information content (AvgIpc) is 3.83. The molecular weight excluding hydrogens is 724 g/mol. The Labute approximate surface area is 324 Å². The highest BCUT2D eigenvalue weighted by Gasteiger charge is 2.21. The molecule has 0 saturated heterocycles. The van der Waals surface area contributed by atoms with E-state index < -0.39 is 0 Å². The van der Waals surface area contributed by atoms with Gasteiger partial charge in [-0.15, -0.1) is 11.6 Å². The average molecular weight is 769 g/mol. The van der Waals surface area contributed by atoms with Crippen molar-refractivity contribution in [3.8, 4) is 23.0 Å². The van der Waals surface area contributed by atoms with Crippen molar-refractivity contribution in [2.45, 2.75) is 52.4 Å². The van der Waals surface area contributed by atoms with Crippen molar-refractivity contribution < 1.29 is 28.1 Å². The number of halogens is 1. The van der Waals surface area contributed by atoms with E-state index in [0.29, 0.717) is 34.6 Å². The minimum atomic E-state index is -0.291. The predicted molar refractivity (Wildman–Crippen MR) is 213 cm³/mol. The zero-order chi connectivity index (χ0) is 39.8. The van der Waals surface area contributed by atoms with Crippen LogP contribution in [0.2, 0.25) is 0 Å². The molecule has 0 unspecified atom stereocenters. The number of benzene rings is 2. The molecule has 6 rings (SSSR count). The maximum absolute atomic E-state index is 12.1. The first-order chi connectivity index (χ1) is 26.2. The number of hydrogen-bond donors (Lipinski definition) is 4. The lowest BCUT2D eigenvalue weighted by molar-refractivity contribution is -0.115. The van der Waals surface area contributed by atoms with Crippen LogP contribution in [0.25, 0.3) is 0 Å². The Morgan fingerprint density at radius 3 is 1.58 bits per heavy atom. The number of amides is 2. The Bertz CT molecular complexity index is 2090. The number of nitrogens with one attached hydrogen (secondary N) is 3. The van der Waals surface area contributed by atoms with Crippen LogP contribution < -0.4 is 31.2 Å². The van der Waals surface area contributed by atoms with Gasteiger partial charge in [0, 0.05) is 71.3 Å². The molecule has 0 radical (unpaired) electrons. The summed E-state index contributed by atoms with van der Waals surface area (Å²) in [6.45, 7) is 12.1. The lowest BCUT2D eigenvalue weighted by Gasteiger charge is -2.12. The Balaban J connectivity index is 0.000000202. The SMILES string of the molecule is CC(C)(C)c1cc(NC(=O)CCl)no1.CC(C)(C)c1cc(NC(=O)CNc2cccc(Oc3ccncc3)c2)no1.Nc1cccc(Oc2ccncc2)c1. The number of rotatable bonds is 10. The fourth-order valence-electron chi connectivity index (χ4n) is 4.25. The molecule has 15 heteroatoms. The van der Waals surface area contributed by atoms with Crippen LogP contribution in [-0.2, 0) is 20.4 Å².